The molecule has 1 aromatic rings. The van der Waals surface area contributed by atoms with Gasteiger partial charge in [0.2, 0.25) is 0 Å². The maximum atomic E-state index is 12.9. The fourth-order valence-electron chi connectivity index (χ4n) is 2.62. The van der Waals surface area contributed by atoms with E-state index in [1.54, 1.807) is 6.07 Å². The van der Waals surface area contributed by atoms with Crippen molar-refractivity contribution in [3.05, 3.63) is 41.6 Å². The SMILES string of the molecule is CC1(Sc2cccc(C(F)(F)F)c2)CCOC(/C(=C/C(=N)Br)NO)C1. The smallest absolute Gasteiger partial charge is 0.372 e. The van der Waals surface area contributed by atoms with Crippen LogP contribution in [0.1, 0.15) is 25.3 Å². The first kappa shape index (κ1) is 20.3. The van der Waals surface area contributed by atoms with Gasteiger partial charge in [0.15, 0.2) is 0 Å². The summed E-state index contributed by atoms with van der Waals surface area (Å²) in [6.07, 6.45) is -2.31. The van der Waals surface area contributed by atoms with Crippen molar-refractivity contribution in [2.45, 2.75) is 41.7 Å². The van der Waals surface area contributed by atoms with Crippen molar-refractivity contribution in [2.24, 2.45) is 0 Å². The predicted octanol–water partition coefficient (Wildman–Crippen LogP) is 4.97. The van der Waals surface area contributed by atoms with E-state index in [2.05, 4.69) is 15.9 Å². The van der Waals surface area contributed by atoms with Crippen LogP contribution in [0, 0.1) is 5.41 Å². The van der Waals surface area contributed by atoms with E-state index in [0.717, 1.165) is 12.1 Å². The normalized spacial score (nSPS) is 24.9. The summed E-state index contributed by atoms with van der Waals surface area (Å²) >= 11 is 4.35. The van der Waals surface area contributed by atoms with Gasteiger partial charge in [-0.05, 0) is 60.0 Å². The number of ether oxygens (including phenoxy) is 1. The van der Waals surface area contributed by atoms with E-state index < -0.39 is 17.8 Å². The second kappa shape index (κ2) is 8.11. The lowest BCUT2D eigenvalue weighted by molar-refractivity contribution is -0.137. The summed E-state index contributed by atoms with van der Waals surface area (Å²) in [5.41, 5.74) is 1.70. The van der Waals surface area contributed by atoms with Crippen LogP contribution in [0.5, 0.6) is 0 Å². The van der Waals surface area contributed by atoms with Gasteiger partial charge in [-0.15, -0.1) is 11.8 Å². The largest absolute Gasteiger partial charge is 0.416 e. The number of thioether (sulfide) groups is 1. The highest BCUT2D eigenvalue weighted by atomic mass is 79.9. The van der Waals surface area contributed by atoms with Crippen molar-refractivity contribution in [2.75, 3.05) is 6.61 Å². The molecular formula is C16H18BrF3N2O2S. The maximum absolute atomic E-state index is 12.9. The highest BCUT2D eigenvalue weighted by Crippen LogP contribution is 2.44. The fraction of sp³-hybridized carbons (Fsp3) is 0.438. The van der Waals surface area contributed by atoms with Gasteiger partial charge in [-0.3, -0.25) is 16.1 Å². The van der Waals surface area contributed by atoms with Crippen molar-refractivity contribution in [1.29, 1.82) is 5.41 Å². The Kier molecular flexibility index (Phi) is 6.58. The zero-order valence-corrected chi connectivity index (χ0v) is 15.8. The third-order valence-electron chi connectivity index (χ3n) is 3.85. The van der Waals surface area contributed by atoms with Crippen LogP contribution in [0.15, 0.2) is 40.9 Å². The molecule has 0 aliphatic carbocycles. The third-order valence-corrected chi connectivity index (χ3v) is 5.43. The van der Waals surface area contributed by atoms with Gasteiger partial charge in [0.1, 0.15) is 6.10 Å². The summed E-state index contributed by atoms with van der Waals surface area (Å²) in [4.78, 5) is 0.536. The number of rotatable bonds is 5. The first-order valence-corrected chi connectivity index (χ1v) is 9.07. The number of benzene rings is 1. The number of hydroxylamine groups is 1. The minimum absolute atomic E-state index is 0.0745. The van der Waals surface area contributed by atoms with Crippen molar-refractivity contribution in [3.63, 3.8) is 0 Å². The van der Waals surface area contributed by atoms with Crippen LogP contribution in [0.25, 0.3) is 0 Å². The van der Waals surface area contributed by atoms with Crippen molar-refractivity contribution >= 4 is 32.3 Å². The van der Waals surface area contributed by atoms with E-state index in [4.69, 9.17) is 10.1 Å². The topological polar surface area (TPSA) is 65.3 Å². The van der Waals surface area contributed by atoms with Crippen LogP contribution in [0.3, 0.4) is 0 Å². The summed E-state index contributed by atoms with van der Waals surface area (Å²) in [5, 5.41) is 16.7. The molecule has 1 saturated heterocycles. The van der Waals surface area contributed by atoms with E-state index in [1.807, 2.05) is 12.4 Å². The van der Waals surface area contributed by atoms with Crippen molar-refractivity contribution < 1.29 is 23.1 Å². The molecule has 1 aromatic carbocycles. The van der Waals surface area contributed by atoms with Gasteiger partial charge in [-0.2, -0.15) is 13.2 Å². The maximum Gasteiger partial charge on any atom is 0.416 e. The Balaban J connectivity index is 2.17. The molecule has 1 heterocycles. The lowest BCUT2D eigenvalue weighted by Gasteiger charge is -2.38. The summed E-state index contributed by atoms with van der Waals surface area (Å²) in [6, 6.07) is 5.26. The quantitative estimate of drug-likeness (QED) is 0.448. The average Bonchev–Trinajstić information content (AvgIpc) is 2.51. The van der Waals surface area contributed by atoms with Gasteiger partial charge in [0, 0.05) is 16.2 Å². The second-order valence-corrected chi connectivity index (χ2v) is 8.47. The Morgan fingerprint density at radius 1 is 1.52 bits per heavy atom. The van der Waals surface area contributed by atoms with Crippen LogP contribution in [-0.4, -0.2) is 27.3 Å². The molecular weight excluding hydrogens is 421 g/mol. The first-order valence-electron chi connectivity index (χ1n) is 7.46. The van der Waals surface area contributed by atoms with Gasteiger partial charge in [-0.1, -0.05) is 6.07 Å². The van der Waals surface area contributed by atoms with Crippen molar-refractivity contribution in [1.82, 2.24) is 5.48 Å². The lowest BCUT2D eigenvalue weighted by atomic mass is 9.95. The molecule has 0 spiro atoms. The van der Waals surface area contributed by atoms with Crippen LogP contribution in [-0.2, 0) is 10.9 Å². The minimum atomic E-state index is -4.37. The molecule has 1 aliphatic heterocycles. The molecule has 1 aliphatic rings. The van der Waals surface area contributed by atoms with Gasteiger partial charge < -0.3 is 4.74 Å². The number of allylic oxidation sites excluding steroid dienone is 1. The predicted molar refractivity (Wildman–Crippen MR) is 94.3 cm³/mol. The number of hydrogen-bond donors (Lipinski definition) is 3. The number of nitrogens with one attached hydrogen (secondary N) is 2. The van der Waals surface area contributed by atoms with Crippen LogP contribution >= 0.6 is 27.7 Å². The minimum Gasteiger partial charge on any atom is -0.372 e. The third kappa shape index (κ3) is 5.73. The molecule has 0 radical (unpaired) electrons. The number of hydrogen-bond acceptors (Lipinski definition) is 5. The van der Waals surface area contributed by atoms with Gasteiger partial charge in [0.25, 0.3) is 0 Å². The van der Waals surface area contributed by atoms with Crippen molar-refractivity contribution in [3.8, 4) is 0 Å². The summed E-state index contributed by atoms with van der Waals surface area (Å²) < 4.78 is 44.0. The molecule has 4 nitrogen and oxygen atoms in total. The molecule has 0 amide bonds. The molecule has 25 heavy (non-hydrogen) atoms. The van der Waals surface area contributed by atoms with Gasteiger partial charge >= 0.3 is 6.18 Å². The Hall–Kier alpha value is -1.03. The lowest BCUT2D eigenvalue weighted by Crippen LogP contribution is -2.39. The van der Waals surface area contributed by atoms with Crippen LogP contribution in [0.4, 0.5) is 13.2 Å². The monoisotopic (exact) mass is 438 g/mol. The standard InChI is InChI=1S/C16H18BrF3N2O2S/c1-15(25-11-4-2-3-10(7-11)16(18,19)20)5-6-24-13(9-15)12(22-23)8-14(17)21/h2-4,7-8,13,21-23H,5-6,9H2,1H3/b12-8-,21-14?. The molecule has 2 rings (SSSR count). The van der Waals surface area contributed by atoms with E-state index in [1.165, 1.54) is 23.9 Å². The van der Waals surface area contributed by atoms with E-state index in [9.17, 15) is 18.4 Å². The highest BCUT2D eigenvalue weighted by Gasteiger charge is 2.36. The Morgan fingerprint density at radius 2 is 2.24 bits per heavy atom. The van der Waals surface area contributed by atoms with Gasteiger partial charge in [0.05, 0.1) is 15.9 Å². The zero-order valence-electron chi connectivity index (χ0n) is 13.4. The Labute approximate surface area is 156 Å². The Morgan fingerprint density at radius 3 is 2.84 bits per heavy atom. The van der Waals surface area contributed by atoms with E-state index >= 15 is 0 Å². The summed E-state index contributed by atoms with van der Waals surface area (Å²) in [5.74, 6) is 0. The number of alkyl halides is 3. The summed E-state index contributed by atoms with van der Waals surface area (Å²) in [6.45, 7) is 2.36. The molecule has 1 fully saturated rings. The second-order valence-electron chi connectivity index (χ2n) is 5.95. The summed E-state index contributed by atoms with van der Waals surface area (Å²) in [7, 11) is 0. The van der Waals surface area contributed by atoms with E-state index in [0.29, 0.717) is 30.0 Å². The molecule has 0 aromatic heterocycles. The highest BCUT2D eigenvalue weighted by molar-refractivity contribution is 9.18. The molecule has 138 valence electrons. The Bertz CT molecular complexity index is 669. The van der Waals surface area contributed by atoms with E-state index in [-0.39, 0.29) is 9.37 Å². The molecule has 2 unspecified atom stereocenters. The molecule has 2 atom stereocenters. The molecule has 3 N–H and O–H groups in total. The molecule has 0 saturated carbocycles. The van der Waals surface area contributed by atoms with Crippen LogP contribution in [0.2, 0.25) is 0 Å². The fourth-order valence-corrected chi connectivity index (χ4v) is 4.19. The molecule has 9 heteroatoms. The molecule has 0 bridgehead atoms. The van der Waals surface area contributed by atoms with Crippen LogP contribution < -0.4 is 5.48 Å². The average molecular weight is 439 g/mol. The first-order chi connectivity index (χ1) is 11.6. The zero-order chi connectivity index (χ0) is 18.7. The van der Waals surface area contributed by atoms with Gasteiger partial charge in [-0.25, -0.2) is 0 Å². The number of halogens is 4.